The van der Waals surface area contributed by atoms with Crippen LogP contribution in [0.1, 0.15) is 65.7 Å². The maximum Gasteiger partial charge on any atom is 0.0388 e. The average molecular weight is 195 g/mol. The van der Waals surface area contributed by atoms with Crippen LogP contribution in [0, 0.1) is 5.41 Å². The second-order valence-electron chi connectivity index (χ2n) is 5.45. The molecule has 1 heterocycles. The predicted molar refractivity (Wildman–Crippen MR) is 64.1 cm³/mol. The molecule has 0 radical (unpaired) electrons. The van der Waals surface area contributed by atoms with Crippen LogP contribution in [0.5, 0.6) is 0 Å². The third-order valence-electron chi connectivity index (χ3n) is 2.99. The van der Waals surface area contributed by atoms with E-state index in [-0.39, 0.29) is 0 Å². The summed E-state index contributed by atoms with van der Waals surface area (Å²) in [7, 11) is 0. The van der Waals surface area contributed by atoms with Crippen molar-refractivity contribution in [3.8, 4) is 0 Å². The highest BCUT2D eigenvalue weighted by Crippen LogP contribution is 2.22. The molecule has 0 fully saturated rings. The lowest BCUT2D eigenvalue weighted by Crippen LogP contribution is -2.21. The van der Waals surface area contributed by atoms with Crippen molar-refractivity contribution in [1.82, 2.24) is 0 Å². The van der Waals surface area contributed by atoms with E-state index in [9.17, 15) is 0 Å². The molecular formula is C13H25N. The smallest absolute Gasteiger partial charge is 0.0388 e. The quantitative estimate of drug-likeness (QED) is 0.549. The maximum absolute atomic E-state index is 4.77. The molecular weight excluding hydrogens is 170 g/mol. The topological polar surface area (TPSA) is 12.4 Å². The molecule has 0 aromatic rings. The first-order valence-corrected chi connectivity index (χ1v) is 6.14. The molecule has 82 valence electrons. The van der Waals surface area contributed by atoms with Crippen molar-refractivity contribution < 1.29 is 0 Å². The molecule has 1 rings (SSSR count). The molecule has 0 saturated carbocycles. The number of nitrogens with zero attached hydrogens (tertiary/aromatic N) is 1. The summed E-state index contributed by atoms with van der Waals surface area (Å²) in [6.07, 6.45) is 9.48. The van der Waals surface area contributed by atoms with Crippen molar-refractivity contribution in [2.45, 2.75) is 65.7 Å². The molecule has 0 aromatic carbocycles. The molecule has 0 bridgehead atoms. The highest BCUT2D eigenvalue weighted by molar-refractivity contribution is 5.89. The predicted octanol–water partition coefficient (Wildman–Crippen LogP) is 4.22. The Morgan fingerprint density at radius 1 is 0.857 bits per heavy atom. The second-order valence-corrected chi connectivity index (χ2v) is 5.45. The van der Waals surface area contributed by atoms with Crippen LogP contribution in [0.4, 0.5) is 0 Å². The van der Waals surface area contributed by atoms with Gasteiger partial charge in [-0.2, -0.15) is 0 Å². The first-order valence-electron chi connectivity index (χ1n) is 6.14. The molecule has 0 N–H and O–H groups in total. The van der Waals surface area contributed by atoms with Crippen LogP contribution < -0.4 is 0 Å². The third-order valence-corrected chi connectivity index (χ3v) is 2.99. The van der Waals surface area contributed by atoms with Gasteiger partial charge in [-0.1, -0.05) is 46.5 Å². The van der Waals surface area contributed by atoms with Gasteiger partial charge in [-0.3, -0.25) is 4.99 Å². The van der Waals surface area contributed by atoms with Gasteiger partial charge in [0.25, 0.3) is 0 Å². The third kappa shape index (κ3) is 4.26. The van der Waals surface area contributed by atoms with Gasteiger partial charge in [-0.05, 0) is 24.7 Å². The van der Waals surface area contributed by atoms with Gasteiger partial charge in [-0.15, -0.1) is 0 Å². The summed E-state index contributed by atoms with van der Waals surface area (Å²) in [5.41, 5.74) is 1.73. The van der Waals surface area contributed by atoms with Gasteiger partial charge in [0, 0.05) is 12.3 Å². The van der Waals surface area contributed by atoms with E-state index in [2.05, 4.69) is 20.8 Å². The first kappa shape index (κ1) is 11.7. The van der Waals surface area contributed by atoms with Crippen LogP contribution in [0.2, 0.25) is 0 Å². The summed E-state index contributed by atoms with van der Waals surface area (Å²) in [5, 5.41) is 0. The van der Waals surface area contributed by atoms with Crippen LogP contribution >= 0.6 is 0 Å². The highest BCUT2D eigenvalue weighted by atomic mass is 14.7. The summed E-state index contributed by atoms with van der Waals surface area (Å²) in [4.78, 5) is 4.77. The Hall–Kier alpha value is -0.330. The minimum atomic E-state index is 0.291. The van der Waals surface area contributed by atoms with Crippen molar-refractivity contribution >= 4 is 5.71 Å². The van der Waals surface area contributed by atoms with E-state index < -0.39 is 0 Å². The highest BCUT2D eigenvalue weighted by Gasteiger charge is 2.18. The van der Waals surface area contributed by atoms with Gasteiger partial charge in [0.15, 0.2) is 0 Å². The Morgan fingerprint density at radius 3 is 2.07 bits per heavy atom. The van der Waals surface area contributed by atoms with Crippen molar-refractivity contribution in [3.63, 3.8) is 0 Å². The van der Waals surface area contributed by atoms with Gasteiger partial charge < -0.3 is 0 Å². The zero-order valence-corrected chi connectivity index (χ0v) is 10.1. The Kier molecular flexibility index (Phi) is 4.64. The van der Waals surface area contributed by atoms with Crippen LogP contribution in [0.25, 0.3) is 0 Å². The molecule has 1 aliphatic rings. The lowest BCUT2D eigenvalue weighted by atomic mass is 9.86. The van der Waals surface area contributed by atoms with Gasteiger partial charge in [0.1, 0.15) is 0 Å². The van der Waals surface area contributed by atoms with E-state index in [1.165, 1.54) is 50.7 Å². The number of hydrogen-bond acceptors (Lipinski definition) is 1. The van der Waals surface area contributed by atoms with Crippen LogP contribution in [0.15, 0.2) is 4.99 Å². The second kappa shape index (κ2) is 5.53. The Morgan fingerprint density at radius 2 is 1.43 bits per heavy atom. The summed E-state index contributed by atoms with van der Waals surface area (Å²) >= 11 is 0. The number of aliphatic imine (C=N–C) groups is 1. The normalized spacial score (nSPS) is 21.5. The monoisotopic (exact) mass is 195 g/mol. The van der Waals surface area contributed by atoms with Gasteiger partial charge in [-0.25, -0.2) is 0 Å². The lowest BCUT2D eigenvalue weighted by Gasteiger charge is -2.22. The lowest BCUT2D eigenvalue weighted by molar-refractivity contribution is 0.542. The summed E-state index contributed by atoms with van der Waals surface area (Å²) < 4.78 is 0. The summed E-state index contributed by atoms with van der Waals surface area (Å²) in [6, 6.07) is 0. The van der Waals surface area contributed by atoms with E-state index in [1.54, 1.807) is 0 Å². The summed E-state index contributed by atoms with van der Waals surface area (Å²) in [6.45, 7) is 7.93. The van der Waals surface area contributed by atoms with Crippen molar-refractivity contribution in [2.75, 3.05) is 6.54 Å². The minimum absolute atomic E-state index is 0.291. The first-order chi connectivity index (χ1) is 6.61. The molecule has 1 nitrogen and oxygen atoms in total. The Balaban J connectivity index is 2.55. The van der Waals surface area contributed by atoms with E-state index in [0.717, 1.165) is 6.54 Å². The number of hydrogen-bond donors (Lipinski definition) is 0. The molecule has 0 spiro atoms. The molecule has 0 aliphatic carbocycles. The largest absolute Gasteiger partial charge is 0.294 e. The minimum Gasteiger partial charge on any atom is -0.294 e. The zero-order valence-electron chi connectivity index (χ0n) is 10.1. The molecule has 1 heteroatoms. The standard InChI is InChI=1S/C13H25N/c1-13(2,3)12-10-8-6-4-5-7-9-11-14-12/h4-11H2,1-3H3. The molecule has 0 aromatic heterocycles. The van der Waals surface area contributed by atoms with E-state index >= 15 is 0 Å². The fourth-order valence-corrected chi connectivity index (χ4v) is 2.02. The average Bonchev–Trinajstić information content (AvgIpc) is 2.12. The molecule has 0 amide bonds. The fraction of sp³-hybridized carbons (Fsp3) is 0.923. The zero-order chi connectivity index (χ0) is 10.4. The molecule has 0 unspecified atom stereocenters. The fourth-order valence-electron chi connectivity index (χ4n) is 2.02. The molecule has 0 atom stereocenters. The van der Waals surface area contributed by atoms with E-state index in [4.69, 9.17) is 4.99 Å². The summed E-state index contributed by atoms with van der Waals surface area (Å²) in [5.74, 6) is 0. The molecule has 1 aliphatic heterocycles. The van der Waals surface area contributed by atoms with E-state index in [0.29, 0.717) is 5.41 Å². The van der Waals surface area contributed by atoms with Crippen LogP contribution in [0.3, 0.4) is 0 Å². The Bertz CT molecular complexity index is 186. The van der Waals surface area contributed by atoms with Gasteiger partial charge in [0.2, 0.25) is 0 Å². The molecule has 0 saturated heterocycles. The van der Waals surface area contributed by atoms with Gasteiger partial charge in [0.05, 0.1) is 0 Å². The van der Waals surface area contributed by atoms with E-state index in [1.807, 2.05) is 0 Å². The molecule has 14 heavy (non-hydrogen) atoms. The van der Waals surface area contributed by atoms with Crippen LogP contribution in [-0.2, 0) is 0 Å². The SMILES string of the molecule is CC(C)(C)C1=NCCCCCCCC1. The van der Waals surface area contributed by atoms with Crippen molar-refractivity contribution in [2.24, 2.45) is 10.4 Å². The van der Waals surface area contributed by atoms with Crippen LogP contribution in [-0.4, -0.2) is 12.3 Å². The van der Waals surface area contributed by atoms with Crippen molar-refractivity contribution in [3.05, 3.63) is 0 Å². The Labute approximate surface area is 89.0 Å². The van der Waals surface area contributed by atoms with Gasteiger partial charge >= 0.3 is 0 Å². The van der Waals surface area contributed by atoms with Crippen molar-refractivity contribution in [1.29, 1.82) is 0 Å². The maximum atomic E-state index is 4.77. The number of rotatable bonds is 0.